The van der Waals surface area contributed by atoms with Gasteiger partial charge in [0.2, 0.25) is 5.54 Å². The number of likely N-dealkylation sites (N-methyl/N-ethyl adjacent to an activating group) is 1. The SMILES string of the molecule is CC(C)c1ccc2c(c1)Oc1ccc(C(C)C)cc1C21N=C(N)N(C)C1=O. The lowest BCUT2D eigenvalue weighted by Gasteiger charge is -2.34. The van der Waals surface area contributed by atoms with E-state index in [0.29, 0.717) is 23.3 Å². The molecule has 2 aliphatic rings. The van der Waals surface area contributed by atoms with E-state index in [1.807, 2.05) is 36.4 Å². The summed E-state index contributed by atoms with van der Waals surface area (Å²) in [7, 11) is 1.67. The van der Waals surface area contributed by atoms with Gasteiger partial charge in [-0.05, 0) is 41.2 Å². The van der Waals surface area contributed by atoms with Crippen molar-refractivity contribution in [1.82, 2.24) is 4.90 Å². The minimum Gasteiger partial charge on any atom is -0.457 e. The smallest absolute Gasteiger partial charge is 0.266 e. The van der Waals surface area contributed by atoms with Crippen LogP contribution in [0.5, 0.6) is 11.5 Å². The van der Waals surface area contributed by atoms with Gasteiger partial charge in [-0.3, -0.25) is 9.69 Å². The van der Waals surface area contributed by atoms with E-state index in [9.17, 15) is 4.79 Å². The molecule has 2 heterocycles. The topological polar surface area (TPSA) is 67.9 Å². The van der Waals surface area contributed by atoms with Crippen molar-refractivity contribution in [1.29, 1.82) is 0 Å². The molecule has 2 aliphatic heterocycles. The number of guanidine groups is 1. The number of amides is 1. The molecule has 0 fully saturated rings. The maximum absolute atomic E-state index is 13.4. The lowest BCUT2D eigenvalue weighted by molar-refractivity contribution is -0.129. The Bertz CT molecular complexity index is 978. The third-order valence-electron chi connectivity index (χ3n) is 5.58. The lowest BCUT2D eigenvalue weighted by atomic mass is 9.78. The Kier molecular flexibility index (Phi) is 3.81. The Hall–Kier alpha value is -2.82. The normalized spacial score (nSPS) is 20.8. The number of ether oxygens (including phenoxy) is 1. The maximum Gasteiger partial charge on any atom is 0.266 e. The molecule has 27 heavy (non-hydrogen) atoms. The summed E-state index contributed by atoms with van der Waals surface area (Å²) in [5.41, 5.74) is 8.70. The Morgan fingerprint density at radius 1 is 0.963 bits per heavy atom. The van der Waals surface area contributed by atoms with Crippen LogP contribution >= 0.6 is 0 Å². The average molecular weight is 363 g/mol. The summed E-state index contributed by atoms with van der Waals surface area (Å²) < 4.78 is 6.23. The summed E-state index contributed by atoms with van der Waals surface area (Å²) in [6, 6.07) is 12.0. The van der Waals surface area contributed by atoms with Gasteiger partial charge in [0.25, 0.3) is 5.91 Å². The minimum atomic E-state index is -1.18. The number of rotatable bonds is 2. The predicted octanol–water partition coefficient (Wildman–Crippen LogP) is 4.07. The fourth-order valence-corrected chi connectivity index (χ4v) is 3.82. The summed E-state index contributed by atoms with van der Waals surface area (Å²) in [6.45, 7) is 8.52. The predicted molar refractivity (Wildman–Crippen MR) is 106 cm³/mol. The molecule has 0 radical (unpaired) electrons. The third-order valence-corrected chi connectivity index (χ3v) is 5.58. The first kappa shape index (κ1) is 17.6. The van der Waals surface area contributed by atoms with Crippen LogP contribution in [0.15, 0.2) is 41.4 Å². The minimum absolute atomic E-state index is 0.149. The van der Waals surface area contributed by atoms with Crippen molar-refractivity contribution in [3.8, 4) is 11.5 Å². The van der Waals surface area contributed by atoms with E-state index in [1.165, 1.54) is 4.90 Å². The number of benzene rings is 2. The Balaban J connectivity index is 2.03. The zero-order valence-electron chi connectivity index (χ0n) is 16.4. The van der Waals surface area contributed by atoms with Gasteiger partial charge in [-0.2, -0.15) is 0 Å². The van der Waals surface area contributed by atoms with Crippen LogP contribution in [0.2, 0.25) is 0 Å². The van der Waals surface area contributed by atoms with Crippen LogP contribution in [-0.4, -0.2) is 23.8 Å². The van der Waals surface area contributed by atoms with Crippen LogP contribution < -0.4 is 10.5 Å². The molecule has 2 N–H and O–H groups in total. The summed E-state index contributed by atoms with van der Waals surface area (Å²) in [4.78, 5) is 19.5. The lowest BCUT2D eigenvalue weighted by Crippen LogP contribution is -2.42. The second kappa shape index (κ2) is 5.84. The highest BCUT2D eigenvalue weighted by Crippen LogP contribution is 2.52. The maximum atomic E-state index is 13.4. The number of hydrogen-bond donors (Lipinski definition) is 1. The Morgan fingerprint density at radius 3 is 2.19 bits per heavy atom. The fourth-order valence-electron chi connectivity index (χ4n) is 3.82. The van der Waals surface area contributed by atoms with Crippen molar-refractivity contribution >= 4 is 11.9 Å². The molecular weight excluding hydrogens is 338 g/mol. The van der Waals surface area contributed by atoms with Crippen LogP contribution in [-0.2, 0) is 10.3 Å². The molecule has 0 bridgehead atoms. The van der Waals surface area contributed by atoms with Gasteiger partial charge in [0.1, 0.15) is 11.5 Å². The number of fused-ring (bicyclic) bond motifs is 4. The van der Waals surface area contributed by atoms with E-state index >= 15 is 0 Å². The number of hydrogen-bond acceptors (Lipinski definition) is 4. The highest BCUT2D eigenvalue weighted by molar-refractivity contribution is 6.10. The zero-order chi connectivity index (χ0) is 19.5. The number of carbonyl (C=O) groups excluding carboxylic acids is 1. The zero-order valence-corrected chi connectivity index (χ0v) is 16.4. The fraction of sp³-hybridized carbons (Fsp3) is 0.364. The van der Waals surface area contributed by atoms with Crippen LogP contribution in [0.3, 0.4) is 0 Å². The van der Waals surface area contributed by atoms with Crippen LogP contribution in [0, 0.1) is 0 Å². The first-order valence-corrected chi connectivity index (χ1v) is 9.36. The highest BCUT2D eigenvalue weighted by Gasteiger charge is 2.54. The van der Waals surface area contributed by atoms with E-state index in [1.54, 1.807) is 7.05 Å². The van der Waals surface area contributed by atoms with Crippen molar-refractivity contribution in [3.05, 3.63) is 58.7 Å². The number of carbonyl (C=O) groups is 1. The molecular formula is C22H25N3O2. The van der Waals surface area contributed by atoms with E-state index < -0.39 is 5.54 Å². The molecule has 5 heteroatoms. The van der Waals surface area contributed by atoms with Crippen LogP contribution in [0.1, 0.15) is 61.8 Å². The van der Waals surface area contributed by atoms with Crippen molar-refractivity contribution in [3.63, 3.8) is 0 Å². The van der Waals surface area contributed by atoms with Gasteiger partial charge >= 0.3 is 0 Å². The largest absolute Gasteiger partial charge is 0.457 e. The van der Waals surface area contributed by atoms with Crippen molar-refractivity contribution in [2.24, 2.45) is 10.7 Å². The Labute approximate surface area is 159 Å². The van der Waals surface area contributed by atoms with E-state index in [4.69, 9.17) is 10.5 Å². The van der Waals surface area contributed by atoms with Gasteiger partial charge < -0.3 is 10.5 Å². The molecule has 0 saturated heterocycles. The second-order valence-corrected chi connectivity index (χ2v) is 7.97. The molecule has 0 aromatic heterocycles. The summed E-state index contributed by atoms with van der Waals surface area (Å²) >= 11 is 0. The van der Waals surface area contributed by atoms with Gasteiger partial charge in [-0.15, -0.1) is 0 Å². The van der Waals surface area contributed by atoms with E-state index in [2.05, 4.69) is 32.7 Å². The average Bonchev–Trinajstić information content (AvgIpc) is 2.86. The quantitative estimate of drug-likeness (QED) is 0.874. The molecule has 2 aromatic rings. The first-order chi connectivity index (χ1) is 12.8. The van der Waals surface area contributed by atoms with E-state index in [0.717, 1.165) is 22.3 Å². The standard InChI is InChI=1S/C22H25N3O2/c1-12(2)14-7-9-18-17(10-14)22(20(26)25(5)21(23)24-22)16-8-6-15(13(3)4)11-19(16)27-18/h6-13H,1-5H3,(H2,23,24). The highest BCUT2D eigenvalue weighted by atomic mass is 16.5. The van der Waals surface area contributed by atoms with Gasteiger partial charge in [0, 0.05) is 18.2 Å². The molecule has 140 valence electrons. The molecule has 5 nitrogen and oxygen atoms in total. The molecule has 0 aliphatic carbocycles. The molecule has 1 unspecified atom stereocenters. The first-order valence-electron chi connectivity index (χ1n) is 9.36. The Morgan fingerprint density at radius 2 is 1.59 bits per heavy atom. The molecule has 1 amide bonds. The summed E-state index contributed by atoms with van der Waals surface area (Å²) in [5, 5.41) is 0. The third kappa shape index (κ3) is 2.37. The van der Waals surface area contributed by atoms with Crippen molar-refractivity contribution in [2.75, 3.05) is 7.05 Å². The van der Waals surface area contributed by atoms with E-state index in [-0.39, 0.29) is 11.9 Å². The summed E-state index contributed by atoms with van der Waals surface area (Å²) in [5.74, 6) is 2.09. The van der Waals surface area contributed by atoms with Crippen molar-refractivity contribution in [2.45, 2.75) is 45.1 Å². The summed E-state index contributed by atoms with van der Waals surface area (Å²) in [6.07, 6.45) is 0. The van der Waals surface area contributed by atoms with Gasteiger partial charge in [-0.1, -0.05) is 45.9 Å². The van der Waals surface area contributed by atoms with Crippen LogP contribution in [0.4, 0.5) is 0 Å². The van der Waals surface area contributed by atoms with Gasteiger partial charge in [-0.25, -0.2) is 4.99 Å². The van der Waals surface area contributed by atoms with Crippen molar-refractivity contribution < 1.29 is 9.53 Å². The molecule has 1 spiro atoms. The van der Waals surface area contributed by atoms with Gasteiger partial charge in [0.15, 0.2) is 5.96 Å². The molecule has 1 atom stereocenters. The number of aliphatic imine (C=N–C) groups is 1. The second-order valence-electron chi connectivity index (χ2n) is 7.97. The monoisotopic (exact) mass is 363 g/mol. The number of nitrogens with two attached hydrogens (primary N) is 1. The number of nitrogens with zero attached hydrogens (tertiary/aromatic N) is 2. The molecule has 2 aromatic carbocycles. The van der Waals surface area contributed by atoms with Gasteiger partial charge in [0.05, 0.1) is 0 Å². The molecule has 0 saturated carbocycles. The van der Waals surface area contributed by atoms with Crippen LogP contribution in [0.25, 0.3) is 0 Å². The molecule has 4 rings (SSSR count).